The van der Waals surface area contributed by atoms with Gasteiger partial charge < -0.3 is 10.1 Å². The molecular weight excluding hydrogens is 304 g/mol. The number of piperidine rings is 1. The van der Waals surface area contributed by atoms with E-state index in [4.69, 9.17) is 4.74 Å². The van der Waals surface area contributed by atoms with Gasteiger partial charge in [0.05, 0.1) is 13.0 Å². The molecule has 2 fully saturated rings. The van der Waals surface area contributed by atoms with Crippen LogP contribution in [0.3, 0.4) is 0 Å². The van der Waals surface area contributed by atoms with Crippen LogP contribution in [-0.4, -0.2) is 43.0 Å². The molecule has 2 saturated heterocycles. The van der Waals surface area contributed by atoms with Crippen LogP contribution in [0.5, 0.6) is 0 Å². The second-order valence-electron chi connectivity index (χ2n) is 6.88. The van der Waals surface area contributed by atoms with Crippen LogP contribution in [0.2, 0.25) is 0 Å². The van der Waals surface area contributed by atoms with Gasteiger partial charge in [-0.3, -0.25) is 14.5 Å². The maximum Gasteiger partial charge on any atom is 0.310 e. The highest BCUT2D eigenvalue weighted by atomic mass is 16.5. The molecule has 0 unspecified atom stereocenters. The van der Waals surface area contributed by atoms with E-state index in [0.29, 0.717) is 12.5 Å². The second kappa shape index (κ2) is 6.93. The average molecular weight is 330 g/mol. The molecule has 1 aromatic carbocycles. The fraction of sp³-hybridized carbons (Fsp3) is 0.579. The van der Waals surface area contributed by atoms with Gasteiger partial charge in [-0.1, -0.05) is 19.1 Å². The zero-order chi connectivity index (χ0) is 17.3. The average Bonchev–Trinajstić information content (AvgIpc) is 2.84. The maximum atomic E-state index is 12.4. The van der Waals surface area contributed by atoms with Gasteiger partial charge in [-0.15, -0.1) is 0 Å². The summed E-state index contributed by atoms with van der Waals surface area (Å²) in [6, 6.07) is 8.74. The molecule has 5 heteroatoms. The number of fused-ring (bicyclic) bond motifs is 2. The van der Waals surface area contributed by atoms with Crippen molar-refractivity contribution in [3.05, 3.63) is 29.8 Å². The quantitative estimate of drug-likeness (QED) is 0.863. The Kier molecular flexibility index (Phi) is 4.90. The molecule has 1 aromatic rings. The van der Waals surface area contributed by atoms with Crippen molar-refractivity contribution in [3.63, 3.8) is 0 Å². The molecule has 5 nitrogen and oxygen atoms in total. The molecule has 4 atom stereocenters. The number of carbonyl (C=O) groups is 2. The van der Waals surface area contributed by atoms with Gasteiger partial charge in [0.1, 0.15) is 0 Å². The van der Waals surface area contributed by atoms with Gasteiger partial charge in [0, 0.05) is 30.1 Å². The number of nitrogens with zero attached hydrogens (tertiary/aromatic N) is 1. The minimum Gasteiger partial charge on any atom is -0.469 e. The van der Waals surface area contributed by atoms with Gasteiger partial charge in [-0.05, 0) is 44.0 Å². The summed E-state index contributed by atoms with van der Waals surface area (Å²) in [5.41, 5.74) is 1.96. The Morgan fingerprint density at radius 3 is 2.58 bits per heavy atom. The number of anilines is 1. The Hall–Kier alpha value is -1.88. The third kappa shape index (κ3) is 3.05. The lowest BCUT2D eigenvalue weighted by Crippen LogP contribution is -2.49. The van der Waals surface area contributed by atoms with E-state index >= 15 is 0 Å². The van der Waals surface area contributed by atoms with E-state index in [1.54, 1.807) is 0 Å². The van der Waals surface area contributed by atoms with E-state index in [1.165, 1.54) is 7.11 Å². The lowest BCUT2D eigenvalue weighted by atomic mass is 9.76. The molecule has 0 radical (unpaired) electrons. The van der Waals surface area contributed by atoms with E-state index in [2.05, 4.69) is 17.3 Å². The summed E-state index contributed by atoms with van der Waals surface area (Å²) >= 11 is 0. The Labute approximate surface area is 143 Å². The number of nitrogens with one attached hydrogen (secondary N) is 1. The van der Waals surface area contributed by atoms with Crippen LogP contribution in [0.15, 0.2) is 24.3 Å². The summed E-state index contributed by atoms with van der Waals surface area (Å²) in [5, 5.41) is 2.87. The highest BCUT2D eigenvalue weighted by molar-refractivity contribution is 5.90. The lowest BCUT2D eigenvalue weighted by Gasteiger charge is -2.41. The summed E-state index contributed by atoms with van der Waals surface area (Å²) in [4.78, 5) is 26.3. The van der Waals surface area contributed by atoms with Crippen LogP contribution in [-0.2, 0) is 14.3 Å². The molecular formula is C19H26N2O3. The summed E-state index contributed by atoms with van der Waals surface area (Å²) in [7, 11) is 3.60. The van der Waals surface area contributed by atoms with Crippen LogP contribution in [0.25, 0.3) is 0 Å². The molecule has 2 bridgehead atoms. The molecule has 2 aliphatic rings. The smallest absolute Gasteiger partial charge is 0.310 e. The molecule has 1 N–H and O–H groups in total. The molecule has 0 saturated carbocycles. The highest BCUT2D eigenvalue weighted by Gasteiger charge is 2.49. The summed E-state index contributed by atoms with van der Waals surface area (Å²) in [6.45, 7) is 1.83. The van der Waals surface area contributed by atoms with Gasteiger partial charge in [0.25, 0.3) is 0 Å². The zero-order valence-electron chi connectivity index (χ0n) is 14.6. The van der Waals surface area contributed by atoms with Crippen LogP contribution in [0, 0.1) is 5.92 Å². The third-order valence-electron chi connectivity index (χ3n) is 5.69. The van der Waals surface area contributed by atoms with Crippen LogP contribution < -0.4 is 5.32 Å². The number of amides is 1. The van der Waals surface area contributed by atoms with E-state index in [-0.39, 0.29) is 29.8 Å². The van der Waals surface area contributed by atoms with Gasteiger partial charge >= 0.3 is 5.97 Å². The first-order valence-corrected chi connectivity index (χ1v) is 8.74. The van der Waals surface area contributed by atoms with Gasteiger partial charge in [-0.25, -0.2) is 0 Å². The van der Waals surface area contributed by atoms with E-state index in [0.717, 1.165) is 30.5 Å². The van der Waals surface area contributed by atoms with Crippen molar-refractivity contribution in [2.45, 2.75) is 50.6 Å². The first kappa shape index (κ1) is 17.0. The van der Waals surface area contributed by atoms with Crippen molar-refractivity contribution in [1.82, 2.24) is 4.90 Å². The van der Waals surface area contributed by atoms with Crippen molar-refractivity contribution in [2.75, 3.05) is 19.5 Å². The van der Waals surface area contributed by atoms with Crippen molar-refractivity contribution >= 4 is 17.6 Å². The molecule has 0 aliphatic carbocycles. The topological polar surface area (TPSA) is 58.6 Å². The Bertz CT molecular complexity index is 614. The van der Waals surface area contributed by atoms with Crippen LogP contribution in [0.1, 0.15) is 44.1 Å². The summed E-state index contributed by atoms with van der Waals surface area (Å²) in [5.74, 6) is -0.0370. The van der Waals surface area contributed by atoms with E-state index in [9.17, 15) is 9.59 Å². The first-order valence-electron chi connectivity index (χ1n) is 8.74. The molecule has 2 heterocycles. The van der Waals surface area contributed by atoms with E-state index in [1.807, 2.05) is 31.2 Å². The molecule has 2 aliphatic heterocycles. The monoisotopic (exact) mass is 330 g/mol. The predicted octanol–water partition coefficient (Wildman–Crippen LogP) is 2.77. The predicted molar refractivity (Wildman–Crippen MR) is 92.8 cm³/mol. The lowest BCUT2D eigenvalue weighted by molar-refractivity contribution is -0.150. The standard InChI is InChI=1S/C19H26N2O3/c1-4-17(22)20-13-7-5-12(6-8-13)15-11-14-9-10-16(21(14)2)18(15)19(23)24-3/h5-8,14-16,18H,4,9-11H2,1-3H3,(H,20,22)/t14-,15+,16+,18-/m0/s1. The van der Waals surface area contributed by atoms with Gasteiger partial charge in [-0.2, -0.15) is 0 Å². The number of methoxy groups -OCH3 is 1. The molecule has 24 heavy (non-hydrogen) atoms. The minimum absolute atomic E-state index is 0.00697. The number of rotatable bonds is 4. The molecule has 1 amide bonds. The van der Waals surface area contributed by atoms with Crippen molar-refractivity contribution in [1.29, 1.82) is 0 Å². The first-order chi connectivity index (χ1) is 11.5. The normalized spacial score (nSPS) is 29.3. The number of hydrogen-bond donors (Lipinski definition) is 1. The van der Waals surface area contributed by atoms with Crippen molar-refractivity contribution in [3.8, 4) is 0 Å². The molecule has 0 spiro atoms. The maximum absolute atomic E-state index is 12.4. The number of carbonyl (C=O) groups excluding carboxylic acids is 2. The highest BCUT2D eigenvalue weighted by Crippen LogP contribution is 2.46. The van der Waals surface area contributed by atoms with Crippen molar-refractivity contribution < 1.29 is 14.3 Å². The number of hydrogen-bond acceptors (Lipinski definition) is 4. The van der Waals surface area contributed by atoms with Crippen LogP contribution >= 0.6 is 0 Å². The summed E-state index contributed by atoms with van der Waals surface area (Å²) < 4.78 is 5.11. The Balaban J connectivity index is 1.83. The SMILES string of the molecule is CCC(=O)Nc1ccc([C@H]2C[C@@H]3CC[C@H]([C@H]2C(=O)OC)N3C)cc1. The summed E-state index contributed by atoms with van der Waals surface area (Å²) in [6.07, 6.45) is 3.65. The number of benzene rings is 1. The molecule has 130 valence electrons. The largest absolute Gasteiger partial charge is 0.469 e. The van der Waals surface area contributed by atoms with Gasteiger partial charge in [0.2, 0.25) is 5.91 Å². The van der Waals surface area contributed by atoms with Crippen LogP contribution in [0.4, 0.5) is 5.69 Å². The number of ether oxygens (including phenoxy) is 1. The minimum atomic E-state index is -0.116. The molecule has 3 rings (SSSR count). The Morgan fingerprint density at radius 2 is 1.96 bits per heavy atom. The number of esters is 1. The van der Waals surface area contributed by atoms with Gasteiger partial charge in [0.15, 0.2) is 0 Å². The van der Waals surface area contributed by atoms with E-state index < -0.39 is 0 Å². The Morgan fingerprint density at radius 1 is 1.25 bits per heavy atom. The fourth-order valence-corrected chi connectivity index (χ4v) is 4.33. The zero-order valence-corrected chi connectivity index (χ0v) is 14.6. The third-order valence-corrected chi connectivity index (χ3v) is 5.69. The fourth-order valence-electron chi connectivity index (χ4n) is 4.33. The van der Waals surface area contributed by atoms with Crippen molar-refractivity contribution in [2.24, 2.45) is 5.92 Å². The second-order valence-corrected chi connectivity index (χ2v) is 6.88. The molecule has 0 aromatic heterocycles.